The van der Waals surface area contributed by atoms with Crippen molar-refractivity contribution in [3.63, 3.8) is 0 Å². The van der Waals surface area contributed by atoms with Gasteiger partial charge in [-0.25, -0.2) is 4.79 Å². The van der Waals surface area contributed by atoms with Gasteiger partial charge in [0, 0.05) is 22.9 Å². The summed E-state index contributed by atoms with van der Waals surface area (Å²) in [4.78, 5) is 15.8. The van der Waals surface area contributed by atoms with Crippen LogP contribution in [0.4, 0.5) is 18.0 Å². The minimum atomic E-state index is -4.33. The van der Waals surface area contributed by atoms with Crippen molar-refractivity contribution in [1.82, 2.24) is 4.90 Å². The molecule has 162 valence electrons. The number of halogens is 3. The van der Waals surface area contributed by atoms with Gasteiger partial charge in [0.25, 0.3) is 0 Å². The van der Waals surface area contributed by atoms with Gasteiger partial charge in [0.15, 0.2) is 0 Å². The van der Waals surface area contributed by atoms with E-state index in [1.165, 1.54) is 29.5 Å². The van der Waals surface area contributed by atoms with Crippen molar-refractivity contribution in [3.05, 3.63) is 59.7 Å². The Kier molecular flexibility index (Phi) is 6.70. The fourth-order valence-electron chi connectivity index (χ4n) is 3.45. The highest BCUT2D eigenvalue weighted by Crippen LogP contribution is 2.39. The Morgan fingerprint density at radius 1 is 1.00 bits per heavy atom. The molecule has 0 N–H and O–H groups in total. The Morgan fingerprint density at radius 2 is 1.60 bits per heavy atom. The first-order valence-electron chi connectivity index (χ1n) is 9.95. The highest BCUT2D eigenvalue weighted by molar-refractivity contribution is 7.99. The van der Waals surface area contributed by atoms with Crippen LogP contribution in [-0.4, -0.2) is 29.7 Å². The van der Waals surface area contributed by atoms with Crippen molar-refractivity contribution < 1.29 is 22.7 Å². The average molecular weight is 438 g/mol. The van der Waals surface area contributed by atoms with E-state index in [-0.39, 0.29) is 6.09 Å². The predicted octanol–water partition coefficient (Wildman–Crippen LogP) is 6.97. The van der Waals surface area contributed by atoms with Crippen LogP contribution in [-0.2, 0) is 10.9 Å². The number of likely N-dealkylation sites (tertiary alicyclic amines) is 1. The lowest BCUT2D eigenvalue weighted by molar-refractivity contribution is -0.137. The molecule has 2 aromatic carbocycles. The maximum Gasteiger partial charge on any atom is 0.416 e. The Morgan fingerprint density at radius 3 is 2.17 bits per heavy atom. The molecule has 30 heavy (non-hydrogen) atoms. The van der Waals surface area contributed by atoms with E-state index in [0.29, 0.717) is 19.0 Å². The Bertz CT molecular complexity index is 867. The molecule has 1 saturated heterocycles. The summed E-state index contributed by atoms with van der Waals surface area (Å²) >= 11 is 1.47. The molecule has 0 aromatic heterocycles. The maximum absolute atomic E-state index is 12.8. The van der Waals surface area contributed by atoms with E-state index < -0.39 is 17.3 Å². The Hall–Kier alpha value is -2.15. The number of ether oxygens (including phenoxy) is 1. The monoisotopic (exact) mass is 437 g/mol. The zero-order chi connectivity index (χ0) is 21.9. The average Bonchev–Trinajstić information content (AvgIpc) is 2.67. The molecule has 1 aliphatic rings. The summed E-state index contributed by atoms with van der Waals surface area (Å²) in [6.45, 7) is 6.81. The van der Waals surface area contributed by atoms with E-state index in [4.69, 9.17) is 4.74 Å². The van der Waals surface area contributed by atoms with Crippen LogP contribution in [0.2, 0.25) is 0 Å². The fraction of sp³-hybridized carbons (Fsp3) is 0.435. The maximum atomic E-state index is 12.8. The molecule has 1 heterocycles. The van der Waals surface area contributed by atoms with Crippen LogP contribution in [0.1, 0.15) is 50.7 Å². The highest BCUT2D eigenvalue weighted by Gasteiger charge is 2.30. The molecule has 0 radical (unpaired) electrons. The zero-order valence-electron chi connectivity index (χ0n) is 17.3. The number of amides is 1. The highest BCUT2D eigenvalue weighted by atomic mass is 32.2. The van der Waals surface area contributed by atoms with Gasteiger partial charge in [0.05, 0.1) is 5.56 Å². The van der Waals surface area contributed by atoms with Gasteiger partial charge < -0.3 is 9.64 Å². The van der Waals surface area contributed by atoms with Crippen LogP contribution in [0, 0.1) is 0 Å². The van der Waals surface area contributed by atoms with Crippen molar-refractivity contribution in [1.29, 1.82) is 0 Å². The second kappa shape index (κ2) is 8.92. The molecule has 0 saturated carbocycles. The largest absolute Gasteiger partial charge is 0.444 e. The molecule has 0 aliphatic carbocycles. The Labute approximate surface area is 179 Å². The summed E-state index contributed by atoms with van der Waals surface area (Å²) in [5.41, 5.74) is 0.0136. The summed E-state index contributed by atoms with van der Waals surface area (Å²) in [7, 11) is 0. The number of carbonyl (C=O) groups excluding carboxylic acids is 1. The predicted molar refractivity (Wildman–Crippen MR) is 112 cm³/mol. The van der Waals surface area contributed by atoms with Crippen LogP contribution < -0.4 is 0 Å². The van der Waals surface area contributed by atoms with Crippen LogP contribution in [0.5, 0.6) is 0 Å². The van der Waals surface area contributed by atoms with Crippen molar-refractivity contribution in [3.8, 4) is 0 Å². The summed E-state index contributed by atoms with van der Waals surface area (Å²) in [5, 5.41) is 0. The number of nitrogens with zero attached hydrogens (tertiary/aromatic N) is 1. The molecule has 7 heteroatoms. The molecule has 1 aliphatic heterocycles. The van der Waals surface area contributed by atoms with Gasteiger partial charge in [-0.1, -0.05) is 30.0 Å². The van der Waals surface area contributed by atoms with Gasteiger partial charge in [0.2, 0.25) is 0 Å². The molecule has 3 nitrogen and oxygen atoms in total. The third-order valence-corrected chi connectivity index (χ3v) is 6.01. The van der Waals surface area contributed by atoms with Crippen molar-refractivity contribution >= 4 is 17.9 Å². The molecule has 1 fully saturated rings. The third-order valence-electron chi connectivity index (χ3n) is 4.91. The molecule has 0 bridgehead atoms. The minimum Gasteiger partial charge on any atom is -0.444 e. The van der Waals surface area contributed by atoms with Crippen LogP contribution >= 0.6 is 11.8 Å². The second-order valence-corrected chi connectivity index (χ2v) is 9.52. The van der Waals surface area contributed by atoms with Gasteiger partial charge >= 0.3 is 12.3 Å². The lowest BCUT2D eigenvalue weighted by Crippen LogP contribution is -2.41. The van der Waals surface area contributed by atoms with Gasteiger partial charge in [-0.15, -0.1) is 0 Å². The standard InChI is InChI=1S/C23H26F3NO2S/c1-22(2,3)29-21(28)27-14-12-16(13-15-27)19-6-4-5-7-20(19)30-18-10-8-17(9-11-18)23(24,25)26/h4-11,16H,12-15H2,1-3H3. The normalized spacial score (nSPS) is 15.9. The van der Waals surface area contributed by atoms with Gasteiger partial charge in [-0.05, 0) is 75.4 Å². The lowest BCUT2D eigenvalue weighted by Gasteiger charge is -2.34. The number of benzene rings is 2. The number of alkyl halides is 3. The Balaban J connectivity index is 1.67. The molecule has 0 unspecified atom stereocenters. The van der Waals surface area contributed by atoms with E-state index in [0.717, 1.165) is 34.8 Å². The molecular weight excluding hydrogens is 411 g/mol. The second-order valence-electron chi connectivity index (χ2n) is 8.40. The fourth-order valence-corrected chi connectivity index (χ4v) is 4.47. The summed E-state index contributed by atoms with van der Waals surface area (Å²) in [6, 6.07) is 13.2. The number of carbonyl (C=O) groups is 1. The third kappa shape index (κ3) is 5.94. The smallest absolute Gasteiger partial charge is 0.416 e. The van der Waals surface area contributed by atoms with E-state index in [9.17, 15) is 18.0 Å². The topological polar surface area (TPSA) is 29.5 Å². The van der Waals surface area contributed by atoms with Crippen molar-refractivity contribution in [2.45, 2.75) is 61.1 Å². The number of rotatable bonds is 3. The van der Waals surface area contributed by atoms with E-state index in [2.05, 4.69) is 6.07 Å². The summed E-state index contributed by atoms with van der Waals surface area (Å²) in [5.74, 6) is 0.293. The quantitative estimate of drug-likeness (QED) is 0.519. The van der Waals surface area contributed by atoms with E-state index in [1.807, 2.05) is 39.0 Å². The van der Waals surface area contributed by atoms with Crippen molar-refractivity contribution in [2.75, 3.05) is 13.1 Å². The minimum absolute atomic E-state index is 0.284. The molecule has 0 atom stereocenters. The zero-order valence-corrected chi connectivity index (χ0v) is 18.1. The van der Waals surface area contributed by atoms with Crippen LogP contribution in [0.15, 0.2) is 58.3 Å². The van der Waals surface area contributed by atoms with Crippen LogP contribution in [0.25, 0.3) is 0 Å². The van der Waals surface area contributed by atoms with Crippen molar-refractivity contribution in [2.24, 2.45) is 0 Å². The van der Waals surface area contributed by atoms with Gasteiger partial charge in [-0.3, -0.25) is 0 Å². The first-order chi connectivity index (χ1) is 14.0. The number of hydrogen-bond acceptors (Lipinski definition) is 3. The molecule has 0 spiro atoms. The first-order valence-corrected chi connectivity index (χ1v) is 10.8. The van der Waals surface area contributed by atoms with Crippen LogP contribution in [0.3, 0.4) is 0 Å². The lowest BCUT2D eigenvalue weighted by atomic mass is 9.89. The molecule has 1 amide bonds. The summed E-state index contributed by atoms with van der Waals surface area (Å²) in [6.07, 6.45) is -2.97. The van der Waals surface area contributed by atoms with E-state index >= 15 is 0 Å². The van der Waals surface area contributed by atoms with Gasteiger partial charge in [-0.2, -0.15) is 13.2 Å². The van der Waals surface area contributed by atoms with Gasteiger partial charge in [0.1, 0.15) is 5.60 Å². The molecule has 2 aromatic rings. The van der Waals surface area contributed by atoms with E-state index in [1.54, 1.807) is 4.90 Å². The molecule has 3 rings (SSSR count). The number of piperidine rings is 1. The molecular formula is C23H26F3NO2S. The summed E-state index contributed by atoms with van der Waals surface area (Å²) < 4.78 is 43.8. The number of hydrogen-bond donors (Lipinski definition) is 0. The first kappa shape index (κ1) is 22.5. The SMILES string of the molecule is CC(C)(C)OC(=O)N1CCC(c2ccccc2Sc2ccc(C(F)(F)F)cc2)CC1.